The molecule has 0 aromatic heterocycles. The quantitative estimate of drug-likeness (QED) is 0.827. The molecule has 1 saturated heterocycles. The van der Waals surface area contributed by atoms with Gasteiger partial charge in [-0.05, 0) is 61.8 Å². The van der Waals surface area contributed by atoms with Crippen LogP contribution in [-0.2, 0) is 9.59 Å². The van der Waals surface area contributed by atoms with Crippen LogP contribution < -0.4 is 15.4 Å². The van der Waals surface area contributed by atoms with Crippen molar-refractivity contribution in [3.8, 4) is 5.75 Å². The van der Waals surface area contributed by atoms with Crippen molar-refractivity contribution < 1.29 is 14.3 Å². The molecule has 1 aliphatic heterocycles. The van der Waals surface area contributed by atoms with Gasteiger partial charge in [0.25, 0.3) is 5.91 Å². The first-order chi connectivity index (χ1) is 12.5. The summed E-state index contributed by atoms with van der Waals surface area (Å²) < 4.78 is 5.49. The Kier molecular flexibility index (Phi) is 6.07. The Balaban J connectivity index is 1.48. The molecule has 3 rings (SSSR count). The van der Waals surface area contributed by atoms with Crippen LogP contribution in [0.15, 0.2) is 24.3 Å². The van der Waals surface area contributed by atoms with Gasteiger partial charge in [-0.1, -0.05) is 25.4 Å². The van der Waals surface area contributed by atoms with Crippen LogP contribution in [0.4, 0.5) is 0 Å². The molecule has 2 aliphatic rings. The lowest BCUT2D eigenvalue weighted by molar-refractivity contribution is -0.133. The number of halogens is 1. The summed E-state index contributed by atoms with van der Waals surface area (Å²) in [5.41, 5.74) is 0. The third kappa shape index (κ3) is 4.32. The zero-order valence-corrected chi connectivity index (χ0v) is 16.1. The predicted molar refractivity (Wildman–Crippen MR) is 101 cm³/mol. The number of hydrogen-bond acceptors (Lipinski definition) is 3. The van der Waals surface area contributed by atoms with Crippen molar-refractivity contribution >= 4 is 23.4 Å². The Morgan fingerprint density at radius 2 is 2.04 bits per heavy atom. The van der Waals surface area contributed by atoms with Gasteiger partial charge in [0.15, 0.2) is 6.61 Å². The number of rotatable bonds is 5. The van der Waals surface area contributed by atoms with Crippen LogP contribution in [-0.4, -0.2) is 30.5 Å². The van der Waals surface area contributed by atoms with E-state index in [4.69, 9.17) is 16.3 Å². The highest BCUT2D eigenvalue weighted by Gasteiger charge is 2.43. The van der Waals surface area contributed by atoms with Crippen LogP contribution in [0.3, 0.4) is 0 Å². The minimum Gasteiger partial charge on any atom is -0.484 e. The Labute approximate surface area is 159 Å². The maximum absolute atomic E-state index is 12.3. The van der Waals surface area contributed by atoms with E-state index in [0.29, 0.717) is 22.6 Å². The second-order valence-corrected chi connectivity index (χ2v) is 7.91. The van der Waals surface area contributed by atoms with Crippen LogP contribution in [0, 0.1) is 17.8 Å². The molecule has 5 nitrogen and oxygen atoms in total. The van der Waals surface area contributed by atoms with Crippen molar-refractivity contribution in [2.75, 3.05) is 6.61 Å². The number of carbonyl (C=O) groups is 2. The molecule has 5 unspecified atom stereocenters. The number of fused-ring (bicyclic) bond motifs is 1. The smallest absolute Gasteiger partial charge is 0.258 e. The van der Waals surface area contributed by atoms with Gasteiger partial charge in [-0.3, -0.25) is 9.59 Å². The zero-order valence-electron chi connectivity index (χ0n) is 15.3. The Morgan fingerprint density at radius 3 is 2.73 bits per heavy atom. The normalized spacial score (nSPS) is 30.9. The lowest BCUT2D eigenvalue weighted by Crippen LogP contribution is -2.58. The van der Waals surface area contributed by atoms with E-state index in [-0.39, 0.29) is 36.4 Å². The molecule has 2 amide bonds. The summed E-state index contributed by atoms with van der Waals surface area (Å²) in [6, 6.07) is 7.19. The zero-order chi connectivity index (χ0) is 18.7. The molecule has 6 heteroatoms. The van der Waals surface area contributed by atoms with Crippen LogP contribution in [0.1, 0.15) is 39.5 Å². The topological polar surface area (TPSA) is 67.4 Å². The highest BCUT2D eigenvalue weighted by molar-refractivity contribution is 6.30. The molecule has 142 valence electrons. The number of nitrogens with one attached hydrogen (secondary N) is 2. The van der Waals surface area contributed by atoms with E-state index in [2.05, 4.69) is 24.5 Å². The van der Waals surface area contributed by atoms with Gasteiger partial charge in [0, 0.05) is 23.0 Å². The van der Waals surface area contributed by atoms with E-state index in [1.54, 1.807) is 24.3 Å². The number of ether oxygens (including phenoxy) is 1. The molecule has 0 spiro atoms. The maximum atomic E-state index is 12.3. The molecule has 2 fully saturated rings. The maximum Gasteiger partial charge on any atom is 0.258 e. The average molecular weight is 379 g/mol. The number of amides is 2. The van der Waals surface area contributed by atoms with Crippen molar-refractivity contribution in [2.45, 2.75) is 51.6 Å². The van der Waals surface area contributed by atoms with Crippen LogP contribution in [0.2, 0.25) is 5.02 Å². The molecule has 1 aromatic rings. The first kappa shape index (κ1) is 19.0. The van der Waals surface area contributed by atoms with Gasteiger partial charge in [0.2, 0.25) is 5.91 Å². The van der Waals surface area contributed by atoms with Crippen LogP contribution >= 0.6 is 11.6 Å². The second-order valence-electron chi connectivity index (χ2n) is 7.47. The summed E-state index contributed by atoms with van der Waals surface area (Å²) in [6.45, 7) is 4.25. The third-order valence-electron chi connectivity index (χ3n) is 5.87. The summed E-state index contributed by atoms with van der Waals surface area (Å²) in [5, 5.41) is 6.86. The van der Waals surface area contributed by atoms with E-state index in [1.807, 2.05) is 0 Å². The van der Waals surface area contributed by atoms with Gasteiger partial charge in [-0.15, -0.1) is 0 Å². The van der Waals surface area contributed by atoms with E-state index in [9.17, 15) is 9.59 Å². The van der Waals surface area contributed by atoms with Gasteiger partial charge < -0.3 is 15.4 Å². The number of piperidine rings is 1. The van der Waals surface area contributed by atoms with Crippen molar-refractivity contribution in [3.63, 3.8) is 0 Å². The Bertz CT molecular complexity index is 649. The van der Waals surface area contributed by atoms with Gasteiger partial charge in [-0.2, -0.15) is 0 Å². The molecule has 0 radical (unpaired) electrons. The van der Waals surface area contributed by atoms with Gasteiger partial charge >= 0.3 is 0 Å². The molecule has 1 heterocycles. The lowest BCUT2D eigenvalue weighted by Gasteiger charge is -2.46. The van der Waals surface area contributed by atoms with Gasteiger partial charge in [-0.25, -0.2) is 0 Å². The SMILES string of the molecule is CCC1C(=O)NC2CC(NC(=O)COc3ccc(Cl)cc3)CCC2C1C. The molecule has 1 saturated carbocycles. The minimum atomic E-state index is -0.134. The van der Waals surface area contributed by atoms with E-state index in [0.717, 1.165) is 25.7 Å². The summed E-state index contributed by atoms with van der Waals surface area (Å²) in [4.78, 5) is 24.5. The molecule has 0 bridgehead atoms. The van der Waals surface area contributed by atoms with Crippen molar-refractivity contribution in [2.24, 2.45) is 17.8 Å². The van der Waals surface area contributed by atoms with Gasteiger partial charge in [0.05, 0.1) is 0 Å². The van der Waals surface area contributed by atoms with Crippen molar-refractivity contribution in [1.82, 2.24) is 10.6 Å². The Morgan fingerprint density at radius 1 is 1.31 bits per heavy atom. The van der Waals surface area contributed by atoms with Crippen LogP contribution in [0.25, 0.3) is 0 Å². The van der Waals surface area contributed by atoms with Crippen LogP contribution in [0.5, 0.6) is 5.75 Å². The van der Waals surface area contributed by atoms with E-state index >= 15 is 0 Å². The summed E-state index contributed by atoms with van der Waals surface area (Å²) in [5.74, 6) is 1.69. The fraction of sp³-hybridized carbons (Fsp3) is 0.600. The van der Waals surface area contributed by atoms with Crippen molar-refractivity contribution in [3.05, 3.63) is 29.3 Å². The standard InChI is InChI=1S/C20H27ClN2O3/c1-3-16-12(2)17-9-6-14(10-18(17)23-20(16)25)22-19(24)11-26-15-7-4-13(21)5-8-15/h4-5,7-8,12,14,16-18H,3,6,9-11H2,1-2H3,(H,22,24)(H,23,25). The largest absolute Gasteiger partial charge is 0.484 e. The second kappa shape index (κ2) is 8.30. The molecule has 1 aromatic carbocycles. The molecular formula is C20H27ClN2O3. The highest BCUT2D eigenvalue weighted by Crippen LogP contribution is 2.38. The number of benzene rings is 1. The monoisotopic (exact) mass is 378 g/mol. The first-order valence-corrected chi connectivity index (χ1v) is 9.83. The first-order valence-electron chi connectivity index (χ1n) is 9.46. The Hall–Kier alpha value is -1.75. The number of hydrogen-bond donors (Lipinski definition) is 2. The summed E-state index contributed by atoms with van der Waals surface area (Å²) >= 11 is 5.83. The minimum absolute atomic E-state index is 0.0209. The number of carbonyl (C=O) groups excluding carboxylic acids is 2. The third-order valence-corrected chi connectivity index (χ3v) is 6.12. The summed E-state index contributed by atoms with van der Waals surface area (Å²) in [7, 11) is 0. The fourth-order valence-electron chi connectivity index (χ4n) is 4.45. The highest BCUT2D eigenvalue weighted by atomic mass is 35.5. The van der Waals surface area contributed by atoms with E-state index < -0.39 is 0 Å². The lowest BCUT2D eigenvalue weighted by atomic mass is 9.67. The molecular weight excluding hydrogens is 352 g/mol. The molecule has 1 aliphatic carbocycles. The molecule has 26 heavy (non-hydrogen) atoms. The summed E-state index contributed by atoms with van der Waals surface area (Å²) in [6.07, 6.45) is 3.67. The molecule has 2 N–H and O–H groups in total. The fourth-order valence-corrected chi connectivity index (χ4v) is 4.58. The van der Waals surface area contributed by atoms with Crippen molar-refractivity contribution in [1.29, 1.82) is 0 Å². The average Bonchev–Trinajstić information content (AvgIpc) is 2.61. The predicted octanol–water partition coefficient (Wildman–Crippen LogP) is 3.16. The van der Waals surface area contributed by atoms with E-state index in [1.165, 1.54) is 0 Å². The van der Waals surface area contributed by atoms with Gasteiger partial charge in [0.1, 0.15) is 5.75 Å². The molecule has 5 atom stereocenters.